The number of carbonyl (C=O) groups excluding carboxylic acids is 2. The van der Waals surface area contributed by atoms with Crippen LogP contribution in [0.2, 0.25) is 0 Å². The van der Waals surface area contributed by atoms with Gasteiger partial charge in [-0.2, -0.15) is 0 Å². The minimum atomic E-state index is -1.13. The van der Waals surface area contributed by atoms with Crippen molar-refractivity contribution in [2.75, 3.05) is 13.7 Å². The molecule has 0 radical (unpaired) electrons. The van der Waals surface area contributed by atoms with Crippen molar-refractivity contribution >= 4 is 11.9 Å². The van der Waals surface area contributed by atoms with Crippen LogP contribution in [0.3, 0.4) is 0 Å². The number of esters is 2. The summed E-state index contributed by atoms with van der Waals surface area (Å²) in [5, 5.41) is 11.5. The molecule has 5 rings (SSSR count). The van der Waals surface area contributed by atoms with Gasteiger partial charge in [-0.3, -0.25) is 9.59 Å². The molecule has 166 valence electrons. The first-order chi connectivity index (χ1) is 14.1. The zero-order chi connectivity index (χ0) is 21.6. The maximum atomic E-state index is 13.6. The number of methoxy groups -OCH3 is 1. The number of rotatable bonds is 2. The smallest absolute Gasteiger partial charge is 0.316 e. The Morgan fingerprint density at radius 1 is 1.30 bits per heavy atom. The molecule has 3 aliphatic carbocycles. The van der Waals surface area contributed by atoms with Gasteiger partial charge in [0.2, 0.25) is 0 Å². The van der Waals surface area contributed by atoms with Crippen LogP contribution in [0.1, 0.15) is 46.5 Å². The molecule has 0 aromatic heterocycles. The summed E-state index contributed by atoms with van der Waals surface area (Å²) in [6, 6.07) is 0. The van der Waals surface area contributed by atoms with E-state index in [4.69, 9.17) is 18.9 Å². The van der Waals surface area contributed by atoms with Crippen LogP contribution in [0.15, 0.2) is 12.2 Å². The maximum absolute atomic E-state index is 13.6. The van der Waals surface area contributed by atoms with Crippen molar-refractivity contribution in [2.24, 2.45) is 34.0 Å². The molecule has 3 saturated carbocycles. The van der Waals surface area contributed by atoms with E-state index < -0.39 is 41.2 Å². The lowest BCUT2D eigenvalue weighted by atomic mass is 9.43. The molecule has 5 aliphatic rings. The Balaban J connectivity index is 1.71. The largest absolute Gasteiger partial charge is 0.461 e. The first-order valence-electron chi connectivity index (χ1n) is 11.0. The average Bonchev–Trinajstić information content (AvgIpc) is 3.15. The third-order valence-electron chi connectivity index (χ3n) is 8.94. The molecule has 1 unspecified atom stereocenters. The van der Waals surface area contributed by atoms with Gasteiger partial charge in [0.15, 0.2) is 6.29 Å². The van der Waals surface area contributed by atoms with E-state index >= 15 is 0 Å². The summed E-state index contributed by atoms with van der Waals surface area (Å²) < 4.78 is 23.8. The molecule has 9 atom stereocenters. The second-order valence-electron chi connectivity index (χ2n) is 10.7. The van der Waals surface area contributed by atoms with Gasteiger partial charge in [-0.1, -0.05) is 20.4 Å². The van der Waals surface area contributed by atoms with E-state index in [1.54, 1.807) is 7.11 Å². The van der Waals surface area contributed by atoms with Crippen molar-refractivity contribution in [1.82, 2.24) is 0 Å². The van der Waals surface area contributed by atoms with Gasteiger partial charge in [0.25, 0.3) is 0 Å². The molecular formula is C23H32O7. The van der Waals surface area contributed by atoms with E-state index in [0.717, 1.165) is 12.8 Å². The number of hydrogen-bond donors (Lipinski definition) is 1. The van der Waals surface area contributed by atoms with Crippen LogP contribution in [-0.2, 0) is 28.5 Å². The maximum Gasteiger partial charge on any atom is 0.316 e. The molecule has 2 heterocycles. The summed E-state index contributed by atoms with van der Waals surface area (Å²) in [6.07, 6.45) is 0.300. The third kappa shape index (κ3) is 2.26. The predicted octanol–water partition coefficient (Wildman–Crippen LogP) is 2.21. The van der Waals surface area contributed by atoms with Gasteiger partial charge in [0.1, 0.15) is 17.6 Å². The van der Waals surface area contributed by atoms with E-state index in [0.29, 0.717) is 25.0 Å². The van der Waals surface area contributed by atoms with Crippen LogP contribution in [0.4, 0.5) is 0 Å². The average molecular weight is 421 g/mol. The second-order valence-corrected chi connectivity index (χ2v) is 10.7. The highest BCUT2D eigenvalue weighted by molar-refractivity contribution is 5.83. The molecule has 7 nitrogen and oxygen atoms in total. The molecule has 0 aromatic rings. The third-order valence-corrected chi connectivity index (χ3v) is 8.94. The fraction of sp³-hybridized carbons (Fsp3) is 0.826. The van der Waals surface area contributed by atoms with Crippen LogP contribution < -0.4 is 0 Å². The van der Waals surface area contributed by atoms with Crippen molar-refractivity contribution in [2.45, 2.75) is 71.1 Å². The molecule has 1 N–H and O–H groups in total. The lowest BCUT2D eigenvalue weighted by Gasteiger charge is -2.63. The standard InChI is InChI=1S/C23H32O7/c1-11-13-8-14(25)16-22(9-13,18(11)29-12(2)24)20(26)30-15-6-7-21(3,4)17-19(27-5)28-10-23(15,16)17/h13-19,25H,1,6-10H2,2-5H3/t13-,14-,15+,16-,17-,18-,19?,22+,23+/m1/s1. The Bertz CT molecular complexity index is 805. The van der Waals surface area contributed by atoms with Gasteiger partial charge < -0.3 is 24.1 Å². The van der Waals surface area contributed by atoms with Crippen LogP contribution >= 0.6 is 0 Å². The minimum absolute atomic E-state index is 0.0539. The fourth-order valence-electron chi connectivity index (χ4n) is 8.07. The first-order valence-corrected chi connectivity index (χ1v) is 11.0. The number of hydrogen-bond acceptors (Lipinski definition) is 7. The van der Waals surface area contributed by atoms with E-state index in [1.165, 1.54) is 6.92 Å². The highest BCUT2D eigenvalue weighted by Gasteiger charge is 2.79. The first kappa shape index (κ1) is 20.5. The summed E-state index contributed by atoms with van der Waals surface area (Å²) in [5.74, 6) is -1.39. The Hall–Kier alpha value is -1.44. The SMILES string of the molecule is C=C1[C@@H]2C[C@@H](O)[C@@H]3[C@](C2)(C(=O)O[C@H]2CCC(C)(C)[C@H]4C(OC)OC[C@@]243)[C@@H]1OC(C)=O. The molecular weight excluding hydrogens is 388 g/mol. The monoisotopic (exact) mass is 420 g/mol. The lowest BCUT2D eigenvalue weighted by molar-refractivity contribution is -0.266. The molecule has 5 fully saturated rings. The van der Waals surface area contributed by atoms with Crippen molar-refractivity contribution in [3.8, 4) is 0 Å². The number of aliphatic hydroxyl groups excluding tert-OH is 1. The van der Waals surface area contributed by atoms with Crippen molar-refractivity contribution in [1.29, 1.82) is 0 Å². The van der Waals surface area contributed by atoms with E-state index in [9.17, 15) is 14.7 Å². The second kappa shape index (κ2) is 6.30. The van der Waals surface area contributed by atoms with Crippen LogP contribution in [-0.4, -0.2) is 55.4 Å². The summed E-state index contributed by atoms with van der Waals surface area (Å²) in [7, 11) is 1.64. The number of aliphatic hydroxyl groups is 1. The molecule has 0 amide bonds. The fourth-order valence-corrected chi connectivity index (χ4v) is 8.07. The number of fused-ring (bicyclic) bond motifs is 1. The van der Waals surface area contributed by atoms with E-state index in [2.05, 4.69) is 20.4 Å². The molecule has 2 bridgehead atoms. The predicted molar refractivity (Wildman–Crippen MR) is 105 cm³/mol. The summed E-state index contributed by atoms with van der Waals surface area (Å²) in [4.78, 5) is 25.6. The minimum Gasteiger partial charge on any atom is -0.461 e. The molecule has 0 aromatic carbocycles. The van der Waals surface area contributed by atoms with Crippen molar-refractivity contribution in [3.63, 3.8) is 0 Å². The summed E-state index contributed by atoms with van der Waals surface area (Å²) in [5.41, 5.74) is -1.13. The zero-order valence-electron chi connectivity index (χ0n) is 18.2. The van der Waals surface area contributed by atoms with Gasteiger partial charge in [0, 0.05) is 31.3 Å². The lowest BCUT2D eigenvalue weighted by Crippen LogP contribution is -2.71. The van der Waals surface area contributed by atoms with Crippen LogP contribution in [0, 0.1) is 34.0 Å². The van der Waals surface area contributed by atoms with Gasteiger partial charge in [0.05, 0.1) is 12.7 Å². The van der Waals surface area contributed by atoms with Gasteiger partial charge in [-0.25, -0.2) is 0 Å². The van der Waals surface area contributed by atoms with Crippen molar-refractivity contribution < 1.29 is 33.6 Å². The molecule has 30 heavy (non-hydrogen) atoms. The quantitative estimate of drug-likeness (QED) is 0.541. The van der Waals surface area contributed by atoms with Gasteiger partial charge >= 0.3 is 11.9 Å². The number of carbonyl (C=O) groups is 2. The normalized spacial score (nSPS) is 50.9. The van der Waals surface area contributed by atoms with Gasteiger partial charge in [-0.05, 0) is 42.6 Å². The molecule has 2 spiro atoms. The van der Waals surface area contributed by atoms with Crippen LogP contribution in [0.25, 0.3) is 0 Å². The van der Waals surface area contributed by atoms with E-state index in [-0.39, 0.29) is 29.3 Å². The molecule has 7 heteroatoms. The molecule has 2 saturated heterocycles. The summed E-state index contributed by atoms with van der Waals surface area (Å²) >= 11 is 0. The van der Waals surface area contributed by atoms with E-state index in [1.807, 2.05) is 0 Å². The molecule has 2 aliphatic heterocycles. The Morgan fingerprint density at radius 2 is 2.03 bits per heavy atom. The zero-order valence-corrected chi connectivity index (χ0v) is 18.2. The summed E-state index contributed by atoms with van der Waals surface area (Å²) in [6.45, 7) is 10.3. The Morgan fingerprint density at radius 3 is 2.70 bits per heavy atom. The Labute approximate surface area is 177 Å². The van der Waals surface area contributed by atoms with Gasteiger partial charge in [-0.15, -0.1) is 0 Å². The highest BCUT2D eigenvalue weighted by atomic mass is 16.7. The van der Waals surface area contributed by atoms with Crippen LogP contribution in [0.5, 0.6) is 0 Å². The van der Waals surface area contributed by atoms with Crippen molar-refractivity contribution in [3.05, 3.63) is 12.2 Å². The highest BCUT2D eigenvalue weighted by Crippen LogP contribution is 2.72. The number of ether oxygens (including phenoxy) is 4. The Kier molecular flexibility index (Phi) is 4.30. The topological polar surface area (TPSA) is 91.3 Å².